The van der Waals surface area contributed by atoms with Gasteiger partial charge < -0.3 is 4.57 Å². The number of fused-ring (bicyclic) bond motifs is 6. The summed E-state index contributed by atoms with van der Waals surface area (Å²) in [5.74, 6) is 0. The Labute approximate surface area is 226 Å². The minimum Gasteiger partial charge on any atom is -0.309 e. The molecule has 0 unspecified atom stereocenters. The van der Waals surface area contributed by atoms with E-state index in [-0.39, 0.29) is 0 Å². The SMILES string of the molecule is N#Cc1cccc2c1sc1c(P(=O)(c3ccccc3)c3cccc4c3sc3c(C#N)cccc34)cccc12. The van der Waals surface area contributed by atoms with E-state index in [1.54, 1.807) is 0 Å². The number of hydrogen-bond donors (Lipinski definition) is 0. The lowest BCUT2D eigenvalue weighted by molar-refractivity contribution is 0.593. The smallest absolute Gasteiger partial charge is 0.173 e. The first-order chi connectivity index (χ1) is 18.6. The second kappa shape index (κ2) is 8.66. The van der Waals surface area contributed by atoms with E-state index >= 15 is 4.57 Å². The van der Waals surface area contributed by atoms with Crippen LogP contribution in [-0.2, 0) is 4.57 Å². The minimum atomic E-state index is -3.37. The minimum absolute atomic E-state index is 0.625. The molecule has 0 saturated carbocycles. The van der Waals surface area contributed by atoms with Gasteiger partial charge in [-0.15, -0.1) is 22.7 Å². The van der Waals surface area contributed by atoms with Crippen molar-refractivity contribution in [3.63, 3.8) is 0 Å². The van der Waals surface area contributed by atoms with Gasteiger partial charge in [0.2, 0.25) is 0 Å². The second-order valence-corrected chi connectivity index (χ2v) is 13.8. The molecule has 0 atom stereocenters. The Kier molecular flexibility index (Phi) is 5.22. The molecule has 6 heteroatoms. The van der Waals surface area contributed by atoms with Gasteiger partial charge in [0.05, 0.1) is 20.5 Å². The molecule has 0 aliphatic carbocycles. The average molecular weight is 541 g/mol. The van der Waals surface area contributed by atoms with Crippen molar-refractivity contribution in [3.8, 4) is 12.1 Å². The van der Waals surface area contributed by atoms with Crippen molar-refractivity contribution in [1.29, 1.82) is 10.5 Å². The summed E-state index contributed by atoms with van der Waals surface area (Å²) in [5, 5.41) is 25.8. The molecule has 2 heterocycles. The molecule has 7 aromatic rings. The maximum Gasteiger partial charge on any atom is 0.173 e. The molecule has 0 bridgehead atoms. The molecule has 5 aromatic carbocycles. The van der Waals surface area contributed by atoms with Crippen molar-refractivity contribution in [1.82, 2.24) is 0 Å². The molecular formula is C32H17N2OPS2. The third kappa shape index (κ3) is 3.14. The predicted octanol–water partition coefficient (Wildman–Crippen LogP) is 7.81. The Morgan fingerprint density at radius 3 is 1.37 bits per heavy atom. The summed E-state index contributed by atoms with van der Waals surface area (Å²) in [4.78, 5) is 0. The fraction of sp³-hybridized carbons (Fsp3) is 0. The van der Waals surface area contributed by atoms with Gasteiger partial charge in [0, 0.05) is 46.9 Å². The third-order valence-corrected chi connectivity index (χ3v) is 13.1. The van der Waals surface area contributed by atoms with Crippen LogP contribution in [0.4, 0.5) is 0 Å². The van der Waals surface area contributed by atoms with Gasteiger partial charge in [-0.3, -0.25) is 0 Å². The number of rotatable bonds is 3. The van der Waals surface area contributed by atoms with Crippen LogP contribution >= 0.6 is 29.8 Å². The highest BCUT2D eigenvalue weighted by Gasteiger charge is 2.34. The first kappa shape index (κ1) is 22.9. The van der Waals surface area contributed by atoms with Gasteiger partial charge in [0.1, 0.15) is 12.1 Å². The van der Waals surface area contributed by atoms with E-state index in [4.69, 9.17) is 0 Å². The standard InChI is InChI=1S/C32H17N2OPS2/c33-18-20-8-4-12-23-25-14-6-16-27(31(25)37-29(20)23)36(35,22-10-2-1-3-11-22)28-17-7-15-26-24-13-5-9-21(19-34)30(24)38-32(26)28/h1-17H. The lowest BCUT2D eigenvalue weighted by atomic mass is 10.1. The van der Waals surface area contributed by atoms with Gasteiger partial charge >= 0.3 is 0 Å². The van der Waals surface area contributed by atoms with E-state index in [2.05, 4.69) is 12.1 Å². The largest absolute Gasteiger partial charge is 0.309 e. The molecule has 0 amide bonds. The quantitative estimate of drug-likeness (QED) is 0.215. The van der Waals surface area contributed by atoms with Crippen LogP contribution in [0.25, 0.3) is 40.3 Å². The molecule has 0 aliphatic rings. The molecule has 2 aromatic heterocycles. The van der Waals surface area contributed by atoms with E-state index in [0.717, 1.165) is 56.3 Å². The first-order valence-corrected chi connectivity index (χ1v) is 15.3. The van der Waals surface area contributed by atoms with E-state index in [9.17, 15) is 10.5 Å². The van der Waals surface area contributed by atoms with Gasteiger partial charge in [0.25, 0.3) is 0 Å². The van der Waals surface area contributed by atoms with Crippen LogP contribution in [0.3, 0.4) is 0 Å². The molecule has 0 N–H and O–H groups in total. The van der Waals surface area contributed by atoms with Crippen molar-refractivity contribution in [2.75, 3.05) is 0 Å². The molecule has 0 fully saturated rings. The van der Waals surface area contributed by atoms with Crippen LogP contribution < -0.4 is 15.9 Å². The van der Waals surface area contributed by atoms with E-state index in [1.807, 2.05) is 103 Å². The van der Waals surface area contributed by atoms with Crippen molar-refractivity contribution < 1.29 is 4.57 Å². The highest BCUT2D eigenvalue weighted by Crippen LogP contribution is 2.50. The summed E-state index contributed by atoms with van der Waals surface area (Å²) >= 11 is 3.08. The Balaban J connectivity index is 1.64. The molecule has 0 aliphatic heterocycles. The summed E-state index contributed by atoms with van der Waals surface area (Å²) < 4.78 is 19.5. The zero-order valence-electron chi connectivity index (χ0n) is 19.9. The summed E-state index contributed by atoms with van der Waals surface area (Å²) in [6, 6.07) is 37.8. The Hall–Kier alpha value is -4.25. The van der Waals surface area contributed by atoms with E-state index < -0.39 is 7.14 Å². The van der Waals surface area contributed by atoms with E-state index in [0.29, 0.717) is 11.1 Å². The summed E-state index contributed by atoms with van der Waals surface area (Å²) in [6.45, 7) is 0. The van der Waals surface area contributed by atoms with Crippen LogP contribution in [0.1, 0.15) is 11.1 Å². The normalized spacial score (nSPS) is 11.7. The fourth-order valence-electron chi connectivity index (χ4n) is 5.33. The summed E-state index contributed by atoms with van der Waals surface area (Å²) in [5.41, 5.74) is 1.25. The fourth-order valence-corrected chi connectivity index (χ4v) is 11.5. The molecule has 0 spiro atoms. The molecule has 38 heavy (non-hydrogen) atoms. The molecule has 7 rings (SSSR count). The van der Waals surface area contributed by atoms with Crippen LogP contribution in [0.5, 0.6) is 0 Å². The summed E-state index contributed by atoms with van der Waals surface area (Å²) in [6.07, 6.45) is 0. The van der Waals surface area contributed by atoms with Crippen LogP contribution in [0, 0.1) is 22.7 Å². The van der Waals surface area contributed by atoms with Gasteiger partial charge in [-0.05, 0) is 24.3 Å². The Morgan fingerprint density at radius 2 is 0.921 bits per heavy atom. The number of nitrogens with zero attached hydrogens (tertiary/aromatic N) is 2. The summed E-state index contributed by atoms with van der Waals surface area (Å²) in [7, 11) is -3.37. The van der Waals surface area contributed by atoms with Crippen LogP contribution in [-0.4, -0.2) is 0 Å². The Morgan fingerprint density at radius 1 is 0.500 bits per heavy atom. The number of thiophene rings is 2. The van der Waals surface area contributed by atoms with Crippen molar-refractivity contribution in [2.24, 2.45) is 0 Å². The molecule has 0 radical (unpaired) electrons. The molecule has 3 nitrogen and oxygen atoms in total. The lowest BCUT2D eigenvalue weighted by Crippen LogP contribution is -2.25. The van der Waals surface area contributed by atoms with Gasteiger partial charge in [-0.1, -0.05) is 78.9 Å². The highest BCUT2D eigenvalue weighted by molar-refractivity contribution is 7.86. The molecule has 178 valence electrons. The zero-order valence-corrected chi connectivity index (χ0v) is 22.4. The monoisotopic (exact) mass is 540 g/mol. The van der Waals surface area contributed by atoms with Gasteiger partial charge in [-0.25, -0.2) is 0 Å². The number of hydrogen-bond acceptors (Lipinski definition) is 5. The molecular weight excluding hydrogens is 523 g/mol. The van der Waals surface area contributed by atoms with Crippen molar-refractivity contribution >= 4 is 86.1 Å². The maximum absolute atomic E-state index is 15.8. The molecule has 0 saturated heterocycles. The maximum atomic E-state index is 15.8. The second-order valence-electron chi connectivity index (χ2n) is 9.04. The average Bonchev–Trinajstić information content (AvgIpc) is 3.55. The predicted molar refractivity (Wildman–Crippen MR) is 161 cm³/mol. The third-order valence-electron chi connectivity index (χ3n) is 7.05. The van der Waals surface area contributed by atoms with Crippen molar-refractivity contribution in [2.45, 2.75) is 0 Å². The van der Waals surface area contributed by atoms with Gasteiger partial charge in [-0.2, -0.15) is 10.5 Å². The topological polar surface area (TPSA) is 64.7 Å². The zero-order chi connectivity index (χ0) is 25.9. The lowest BCUT2D eigenvalue weighted by Gasteiger charge is -2.21. The van der Waals surface area contributed by atoms with Crippen LogP contribution in [0.15, 0.2) is 103 Å². The Bertz CT molecular complexity index is 2060. The van der Waals surface area contributed by atoms with E-state index in [1.165, 1.54) is 22.7 Å². The highest BCUT2D eigenvalue weighted by atomic mass is 32.1. The number of nitriles is 2. The number of benzene rings is 5. The van der Waals surface area contributed by atoms with Crippen LogP contribution in [0.2, 0.25) is 0 Å². The van der Waals surface area contributed by atoms with Crippen molar-refractivity contribution in [3.05, 3.63) is 114 Å². The van der Waals surface area contributed by atoms with Gasteiger partial charge in [0.15, 0.2) is 7.14 Å². The first-order valence-electron chi connectivity index (χ1n) is 12.0.